The molecule has 1 saturated carbocycles. The number of carboxylic acid groups (broad SMARTS) is 1. The van der Waals surface area contributed by atoms with Gasteiger partial charge in [0.15, 0.2) is 0 Å². The number of hydrogen-bond donors (Lipinski definition) is 2. The molecule has 0 radical (unpaired) electrons. The topological polar surface area (TPSA) is 66.4 Å². The second-order valence-electron chi connectivity index (χ2n) is 7.07. The number of carboxylic acids is 1. The average Bonchev–Trinajstić information content (AvgIpc) is 2.23. The summed E-state index contributed by atoms with van der Waals surface area (Å²) in [4.78, 5) is 22.8. The largest absolute Gasteiger partial charge is 0.480 e. The molecule has 0 aromatic carbocycles. The van der Waals surface area contributed by atoms with Gasteiger partial charge in [0.2, 0.25) is 12.3 Å². The number of carbonyl (C=O) groups excluding carboxylic acids is 1. The Bertz CT molecular complexity index is 385. The summed E-state index contributed by atoms with van der Waals surface area (Å²) in [5.74, 6) is -1.16. The Morgan fingerprint density at radius 3 is 2.43 bits per heavy atom. The molecule has 0 spiro atoms. The van der Waals surface area contributed by atoms with Crippen LogP contribution in [0, 0.1) is 17.3 Å². The minimum atomic E-state index is -2.75. The van der Waals surface area contributed by atoms with E-state index in [0.29, 0.717) is 5.92 Å². The molecule has 4 nitrogen and oxygen atoms in total. The SMILES string of the molecule is CC1CC(CC(=O)NC(CC(F)F)C(=O)O)CC(C)(C)C1. The zero-order valence-corrected chi connectivity index (χ0v) is 12.9. The van der Waals surface area contributed by atoms with Crippen LogP contribution in [0.5, 0.6) is 0 Å². The Balaban J connectivity index is 2.53. The zero-order valence-electron chi connectivity index (χ0n) is 12.9. The number of carbonyl (C=O) groups is 2. The summed E-state index contributed by atoms with van der Waals surface area (Å²) in [5, 5.41) is 11.1. The van der Waals surface area contributed by atoms with Gasteiger partial charge in [0, 0.05) is 12.8 Å². The van der Waals surface area contributed by atoms with Gasteiger partial charge in [0.25, 0.3) is 0 Å². The summed E-state index contributed by atoms with van der Waals surface area (Å²) in [6.07, 6.45) is -0.469. The fraction of sp³-hybridized carbons (Fsp3) is 0.867. The first-order valence-electron chi connectivity index (χ1n) is 7.39. The van der Waals surface area contributed by atoms with Gasteiger partial charge in [-0.15, -0.1) is 0 Å². The van der Waals surface area contributed by atoms with E-state index in [1.165, 1.54) is 0 Å². The summed E-state index contributed by atoms with van der Waals surface area (Å²) in [6, 6.07) is -1.51. The van der Waals surface area contributed by atoms with Gasteiger partial charge in [-0.2, -0.15) is 0 Å². The van der Waals surface area contributed by atoms with Gasteiger partial charge in [0.05, 0.1) is 0 Å². The molecule has 0 aromatic heterocycles. The first-order valence-corrected chi connectivity index (χ1v) is 7.39. The van der Waals surface area contributed by atoms with E-state index < -0.39 is 30.8 Å². The minimum absolute atomic E-state index is 0.164. The third kappa shape index (κ3) is 6.40. The van der Waals surface area contributed by atoms with E-state index in [1.54, 1.807) is 0 Å². The maximum absolute atomic E-state index is 12.3. The number of amides is 1. The third-order valence-corrected chi connectivity index (χ3v) is 4.00. The fourth-order valence-electron chi connectivity index (χ4n) is 3.61. The van der Waals surface area contributed by atoms with Crippen LogP contribution in [0.2, 0.25) is 0 Å². The standard InChI is InChI=1S/C15H25F2NO3/c1-9-4-10(8-15(2,3)7-9)5-13(19)18-11(14(20)21)6-12(16)17/h9-12H,4-8H2,1-3H3,(H,18,19)(H,20,21). The Morgan fingerprint density at radius 2 is 1.95 bits per heavy atom. The Morgan fingerprint density at radius 1 is 1.33 bits per heavy atom. The number of aliphatic carboxylic acids is 1. The van der Waals surface area contributed by atoms with E-state index in [4.69, 9.17) is 5.11 Å². The van der Waals surface area contributed by atoms with Gasteiger partial charge in [-0.25, -0.2) is 13.6 Å². The van der Waals surface area contributed by atoms with E-state index in [2.05, 4.69) is 26.1 Å². The van der Waals surface area contributed by atoms with Gasteiger partial charge in [-0.05, 0) is 36.5 Å². The van der Waals surface area contributed by atoms with Gasteiger partial charge >= 0.3 is 5.97 Å². The first-order chi connectivity index (χ1) is 9.59. The van der Waals surface area contributed by atoms with Crippen molar-refractivity contribution in [1.82, 2.24) is 5.32 Å². The summed E-state index contributed by atoms with van der Waals surface area (Å²) in [5.41, 5.74) is 0.164. The summed E-state index contributed by atoms with van der Waals surface area (Å²) in [7, 11) is 0. The highest BCUT2D eigenvalue weighted by Gasteiger charge is 2.33. The smallest absolute Gasteiger partial charge is 0.326 e. The van der Waals surface area contributed by atoms with Crippen molar-refractivity contribution in [3.05, 3.63) is 0 Å². The molecule has 21 heavy (non-hydrogen) atoms. The summed E-state index contributed by atoms with van der Waals surface area (Å²) in [6.45, 7) is 6.46. The van der Waals surface area contributed by atoms with Crippen molar-refractivity contribution < 1.29 is 23.5 Å². The number of hydrogen-bond acceptors (Lipinski definition) is 2. The molecule has 122 valence electrons. The lowest BCUT2D eigenvalue weighted by Gasteiger charge is -2.38. The van der Waals surface area contributed by atoms with Crippen LogP contribution in [0.3, 0.4) is 0 Å². The lowest BCUT2D eigenvalue weighted by atomic mass is 9.67. The quantitative estimate of drug-likeness (QED) is 0.792. The van der Waals surface area contributed by atoms with E-state index in [-0.39, 0.29) is 17.8 Å². The van der Waals surface area contributed by atoms with Crippen molar-refractivity contribution >= 4 is 11.9 Å². The van der Waals surface area contributed by atoms with Crippen LogP contribution in [-0.4, -0.2) is 29.5 Å². The van der Waals surface area contributed by atoms with Crippen LogP contribution in [0.15, 0.2) is 0 Å². The molecule has 3 atom stereocenters. The molecule has 0 heterocycles. The van der Waals surface area contributed by atoms with Crippen molar-refractivity contribution in [1.29, 1.82) is 0 Å². The highest BCUT2D eigenvalue weighted by molar-refractivity contribution is 5.83. The van der Waals surface area contributed by atoms with Crippen LogP contribution in [-0.2, 0) is 9.59 Å². The summed E-state index contributed by atoms with van der Waals surface area (Å²) < 4.78 is 24.6. The van der Waals surface area contributed by atoms with E-state index in [1.807, 2.05) is 0 Å². The Labute approximate surface area is 124 Å². The Hall–Kier alpha value is -1.20. The first kappa shape index (κ1) is 17.9. The van der Waals surface area contributed by atoms with E-state index >= 15 is 0 Å². The second kappa shape index (κ2) is 7.18. The fourth-order valence-corrected chi connectivity index (χ4v) is 3.61. The molecule has 1 aliphatic rings. The van der Waals surface area contributed by atoms with Gasteiger partial charge < -0.3 is 10.4 Å². The second-order valence-corrected chi connectivity index (χ2v) is 7.07. The zero-order chi connectivity index (χ0) is 16.2. The molecule has 6 heteroatoms. The maximum Gasteiger partial charge on any atom is 0.326 e. The predicted molar refractivity (Wildman–Crippen MR) is 75.1 cm³/mol. The molecule has 0 saturated heterocycles. The minimum Gasteiger partial charge on any atom is -0.480 e. The van der Waals surface area contributed by atoms with Gasteiger partial charge in [-0.3, -0.25) is 4.79 Å². The predicted octanol–water partition coefficient (Wildman–Crippen LogP) is 3.06. The summed E-state index contributed by atoms with van der Waals surface area (Å²) >= 11 is 0. The lowest BCUT2D eigenvalue weighted by Crippen LogP contribution is -2.43. The molecular weight excluding hydrogens is 280 g/mol. The number of rotatable bonds is 6. The molecule has 1 rings (SSSR count). The van der Waals surface area contributed by atoms with Gasteiger partial charge in [-0.1, -0.05) is 20.8 Å². The Kier molecular flexibility index (Phi) is 6.10. The molecule has 0 aromatic rings. The van der Waals surface area contributed by atoms with Crippen molar-refractivity contribution in [2.45, 2.75) is 65.3 Å². The maximum atomic E-state index is 12.3. The molecule has 2 N–H and O–H groups in total. The van der Waals surface area contributed by atoms with E-state index in [0.717, 1.165) is 19.3 Å². The van der Waals surface area contributed by atoms with E-state index in [9.17, 15) is 18.4 Å². The van der Waals surface area contributed by atoms with Crippen LogP contribution in [0.25, 0.3) is 0 Å². The highest BCUT2D eigenvalue weighted by atomic mass is 19.3. The molecule has 1 fully saturated rings. The van der Waals surface area contributed by atoms with Crippen LogP contribution < -0.4 is 5.32 Å². The monoisotopic (exact) mass is 305 g/mol. The molecule has 0 aliphatic heterocycles. The number of nitrogens with one attached hydrogen (secondary N) is 1. The van der Waals surface area contributed by atoms with Gasteiger partial charge in [0.1, 0.15) is 6.04 Å². The molecule has 1 aliphatic carbocycles. The molecular formula is C15H25F2NO3. The number of halogens is 2. The average molecular weight is 305 g/mol. The van der Waals surface area contributed by atoms with Crippen molar-refractivity contribution in [2.75, 3.05) is 0 Å². The highest BCUT2D eigenvalue weighted by Crippen LogP contribution is 2.42. The van der Waals surface area contributed by atoms with Crippen LogP contribution in [0.4, 0.5) is 8.78 Å². The number of alkyl halides is 2. The van der Waals surface area contributed by atoms with Crippen molar-refractivity contribution in [2.24, 2.45) is 17.3 Å². The third-order valence-electron chi connectivity index (χ3n) is 4.00. The van der Waals surface area contributed by atoms with Crippen molar-refractivity contribution in [3.63, 3.8) is 0 Å². The lowest BCUT2D eigenvalue weighted by molar-refractivity contribution is -0.143. The molecule has 1 amide bonds. The van der Waals surface area contributed by atoms with Crippen LogP contribution in [0.1, 0.15) is 52.9 Å². The molecule has 0 bridgehead atoms. The molecule has 3 unspecified atom stereocenters. The van der Waals surface area contributed by atoms with Crippen molar-refractivity contribution in [3.8, 4) is 0 Å². The van der Waals surface area contributed by atoms with Crippen LogP contribution >= 0.6 is 0 Å². The normalized spacial score (nSPS) is 26.4.